The van der Waals surface area contributed by atoms with Gasteiger partial charge in [0.05, 0.1) is 28.8 Å². The molecular weight excluding hydrogens is 565 g/mol. The number of pyridine rings is 1. The van der Waals surface area contributed by atoms with Gasteiger partial charge in [0.25, 0.3) is 11.8 Å². The molecule has 1 aliphatic rings. The summed E-state index contributed by atoms with van der Waals surface area (Å²) >= 11 is 0. The Hall–Kier alpha value is -4.14. The molecule has 6 rings (SSSR count). The van der Waals surface area contributed by atoms with Crippen LogP contribution in [0.4, 0.5) is 5.82 Å². The number of benzene rings is 3. The van der Waals surface area contributed by atoms with E-state index in [1.807, 2.05) is 24.3 Å². The van der Waals surface area contributed by atoms with Crippen molar-refractivity contribution in [2.45, 2.75) is 78.2 Å². The summed E-state index contributed by atoms with van der Waals surface area (Å²) in [4.78, 5) is 38.3. The molecule has 1 aliphatic heterocycles. The SMILES string of the molecule is CCCCc1nc2c(N3C(=O)c4ccccc4C3=O)nc3ccccc3c2n1Cc1ccc(CO[Si](C)(C)C(C)(C)C)cc1. The van der Waals surface area contributed by atoms with E-state index in [2.05, 4.69) is 69.6 Å². The fraction of sp³-hybridized carbons (Fsp3) is 0.333. The van der Waals surface area contributed by atoms with Crippen LogP contribution < -0.4 is 4.90 Å². The minimum absolute atomic E-state index is 0.161. The van der Waals surface area contributed by atoms with Gasteiger partial charge < -0.3 is 8.99 Å². The van der Waals surface area contributed by atoms with Crippen molar-refractivity contribution in [1.29, 1.82) is 0 Å². The van der Waals surface area contributed by atoms with Crippen LogP contribution in [0.2, 0.25) is 18.1 Å². The number of fused-ring (bicyclic) bond motifs is 4. The van der Waals surface area contributed by atoms with E-state index >= 15 is 0 Å². The number of aromatic nitrogens is 3. The van der Waals surface area contributed by atoms with Crippen molar-refractivity contribution < 1.29 is 14.0 Å². The molecule has 5 aromatic rings. The number of hydrogen-bond acceptors (Lipinski definition) is 5. The summed E-state index contributed by atoms with van der Waals surface area (Å²) in [6.45, 7) is 14.7. The lowest BCUT2D eigenvalue weighted by molar-refractivity contribution is 0.0925. The van der Waals surface area contributed by atoms with Crippen LogP contribution in [0.15, 0.2) is 72.8 Å². The molecule has 44 heavy (non-hydrogen) atoms. The zero-order chi connectivity index (χ0) is 31.2. The Morgan fingerprint density at radius 1 is 0.818 bits per heavy atom. The Morgan fingerprint density at radius 2 is 1.43 bits per heavy atom. The predicted octanol–water partition coefficient (Wildman–Crippen LogP) is 8.30. The number of anilines is 1. The van der Waals surface area contributed by atoms with Gasteiger partial charge in [-0.25, -0.2) is 14.9 Å². The second kappa shape index (κ2) is 11.4. The first-order valence-electron chi connectivity index (χ1n) is 15.5. The fourth-order valence-electron chi connectivity index (χ4n) is 5.50. The van der Waals surface area contributed by atoms with E-state index in [1.54, 1.807) is 24.3 Å². The van der Waals surface area contributed by atoms with Gasteiger partial charge in [-0.15, -0.1) is 0 Å². The highest BCUT2D eigenvalue weighted by molar-refractivity contribution is 6.74. The normalized spacial score (nSPS) is 13.8. The Balaban J connectivity index is 1.43. The van der Waals surface area contributed by atoms with Crippen molar-refractivity contribution in [2.24, 2.45) is 0 Å². The number of carbonyl (C=O) groups is 2. The quantitative estimate of drug-likeness (QED) is 0.125. The lowest BCUT2D eigenvalue weighted by Crippen LogP contribution is -2.40. The molecule has 8 heteroatoms. The van der Waals surface area contributed by atoms with E-state index in [9.17, 15) is 9.59 Å². The number of imide groups is 1. The summed E-state index contributed by atoms with van der Waals surface area (Å²) in [6, 6.07) is 23.5. The van der Waals surface area contributed by atoms with Crippen LogP contribution in [-0.2, 0) is 24.0 Å². The van der Waals surface area contributed by atoms with Crippen molar-refractivity contribution in [3.63, 3.8) is 0 Å². The molecule has 226 valence electrons. The second-order valence-corrected chi connectivity index (χ2v) is 18.0. The molecule has 0 N–H and O–H groups in total. The van der Waals surface area contributed by atoms with E-state index in [-0.39, 0.29) is 16.9 Å². The van der Waals surface area contributed by atoms with E-state index < -0.39 is 8.32 Å². The minimum atomic E-state index is -1.85. The summed E-state index contributed by atoms with van der Waals surface area (Å²) in [5.41, 5.74) is 5.26. The zero-order valence-corrected chi connectivity index (χ0v) is 27.5. The summed E-state index contributed by atoms with van der Waals surface area (Å²) in [5.74, 6) is 0.479. The first kappa shape index (κ1) is 29.9. The third-order valence-corrected chi connectivity index (χ3v) is 13.7. The molecule has 0 saturated carbocycles. The molecular formula is C36H40N4O3Si. The summed E-state index contributed by atoms with van der Waals surface area (Å²) in [6.07, 6.45) is 2.77. The number of hydrogen-bond donors (Lipinski definition) is 0. The van der Waals surface area contributed by atoms with Crippen molar-refractivity contribution >= 4 is 47.9 Å². The summed E-state index contributed by atoms with van der Waals surface area (Å²) < 4.78 is 8.70. The summed E-state index contributed by atoms with van der Waals surface area (Å²) in [7, 11) is -1.85. The number of nitrogens with zero attached hydrogens (tertiary/aromatic N) is 4. The molecule has 3 heterocycles. The molecule has 0 fully saturated rings. The molecule has 0 saturated heterocycles. The molecule has 0 aliphatic carbocycles. The lowest BCUT2D eigenvalue weighted by Gasteiger charge is -2.36. The first-order chi connectivity index (χ1) is 21.0. The van der Waals surface area contributed by atoms with Gasteiger partial charge in [0.1, 0.15) is 11.3 Å². The fourth-order valence-corrected chi connectivity index (χ4v) is 6.46. The standard InChI is InChI=1S/C36H40N4O3Si/c1-7-8-17-30-38-31-32(39(30)22-24-18-20-25(21-19-24)23-43-44(5,6)36(2,3)4)28-15-11-12-16-29(28)37-33(31)40-34(41)26-13-9-10-14-27(26)35(40)42/h9-16,18-21H,7-8,17,22-23H2,1-6H3. The van der Waals surface area contributed by atoms with Gasteiger partial charge in [0, 0.05) is 18.4 Å². The smallest absolute Gasteiger partial charge is 0.267 e. The Labute approximate surface area is 260 Å². The Bertz CT molecular complexity index is 1850. The molecule has 0 unspecified atom stereocenters. The number of carbonyl (C=O) groups excluding carboxylic acids is 2. The highest BCUT2D eigenvalue weighted by Crippen LogP contribution is 2.38. The number of unbranched alkanes of at least 4 members (excludes halogenated alkanes) is 1. The highest BCUT2D eigenvalue weighted by Gasteiger charge is 2.39. The number of imidazole rings is 1. The van der Waals surface area contributed by atoms with Crippen LogP contribution in [0.25, 0.3) is 21.9 Å². The number of aryl methyl sites for hydroxylation is 1. The van der Waals surface area contributed by atoms with Gasteiger partial charge in [0.2, 0.25) is 0 Å². The van der Waals surface area contributed by atoms with E-state index in [4.69, 9.17) is 14.4 Å². The van der Waals surface area contributed by atoms with Gasteiger partial charge in [-0.1, -0.05) is 88.7 Å². The number of amides is 2. The van der Waals surface area contributed by atoms with Crippen molar-refractivity contribution in [3.05, 3.63) is 101 Å². The van der Waals surface area contributed by atoms with Crippen LogP contribution >= 0.6 is 0 Å². The van der Waals surface area contributed by atoms with E-state index in [1.165, 1.54) is 4.90 Å². The van der Waals surface area contributed by atoms with Crippen LogP contribution in [-0.4, -0.2) is 34.7 Å². The van der Waals surface area contributed by atoms with Gasteiger partial charge >= 0.3 is 0 Å². The van der Waals surface area contributed by atoms with Gasteiger partial charge in [-0.3, -0.25) is 9.59 Å². The van der Waals surface area contributed by atoms with Gasteiger partial charge in [0.15, 0.2) is 14.1 Å². The van der Waals surface area contributed by atoms with Crippen molar-refractivity contribution in [1.82, 2.24) is 14.5 Å². The lowest BCUT2D eigenvalue weighted by atomic mass is 10.1. The van der Waals surface area contributed by atoms with E-state index in [0.29, 0.717) is 41.1 Å². The first-order valence-corrected chi connectivity index (χ1v) is 18.4. The molecule has 0 spiro atoms. The average molecular weight is 605 g/mol. The van der Waals surface area contributed by atoms with Crippen LogP contribution in [0.5, 0.6) is 0 Å². The Kier molecular flexibility index (Phi) is 7.76. The third kappa shape index (κ3) is 5.26. The van der Waals surface area contributed by atoms with Crippen molar-refractivity contribution in [2.75, 3.05) is 4.90 Å². The van der Waals surface area contributed by atoms with Crippen molar-refractivity contribution in [3.8, 4) is 0 Å². The topological polar surface area (TPSA) is 77.3 Å². The average Bonchev–Trinajstić information content (AvgIpc) is 3.49. The highest BCUT2D eigenvalue weighted by atomic mass is 28.4. The number of para-hydroxylation sites is 1. The minimum Gasteiger partial charge on any atom is -0.413 e. The monoisotopic (exact) mass is 604 g/mol. The third-order valence-electron chi connectivity index (χ3n) is 9.17. The van der Waals surface area contributed by atoms with Crippen LogP contribution in [0, 0.1) is 0 Å². The Morgan fingerprint density at radius 3 is 2.07 bits per heavy atom. The molecule has 7 nitrogen and oxygen atoms in total. The molecule has 0 atom stereocenters. The van der Waals surface area contributed by atoms with Gasteiger partial charge in [-0.05, 0) is 53.9 Å². The molecule has 0 bridgehead atoms. The maximum absolute atomic E-state index is 13.6. The van der Waals surface area contributed by atoms with E-state index in [0.717, 1.165) is 47.1 Å². The van der Waals surface area contributed by atoms with Gasteiger partial charge in [-0.2, -0.15) is 0 Å². The predicted molar refractivity (Wildman–Crippen MR) is 179 cm³/mol. The summed E-state index contributed by atoms with van der Waals surface area (Å²) in [5, 5.41) is 1.10. The maximum Gasteiger partial charge on any atom is 0.267 e. The molecule has 0 radical (unpaired) electrons. The van der Waals surface area contributed by atoms with Crippen LogP contribution in [0.1, 0.15) is 78.2 Å². The second-order valence-electron chi connectivity index (χ2n) is 13.2. The van der Waals surface area contributed by atoms with Crippen LogP contribution in [0.3, 0.4) is 0 Å². The molecule has 2 amide bonds. The molecule has 2 aromatic heterocycles. The number of rotatable bonds is 9. The maximum atomic E-state index is 13.6. The largest absolute Gasteiger partial charge is 0.413 e. The molecule has 3 aromatic carbocycles. The zero-order valence-electron chi connectivity index (χ0n) is 26.5.